The van der Waals surface area contributed by atoms with Crippen molar-refractivity contribution < 1.29 is 0 Å². The fraction of sp³-hybridized carbons (Fsp3) is 0.429. The van der Waals surface area contributed by atoms with Crippen molar-refractivity contribution in [2.24, 2.45) is 5.92 Å². The van der Waals surface area contributed by atoms with Crippen LogP contribution in [0.25, 0.3) is 6.08 Å². The average Bonchev–Trinajstić information content (AvgIpc) is 2.28. The fourth-order valence-corrected chi connectivity index (χ4v) is 2.54. The second-order valence-corrected chi connectivity index (χ2v) is 5.43. The molecule has 1 nitrogen and oxygen atoms in total. The molecule has 1 aliphatic rings. The molecule has 2 heteroatoms. The molecule has 1 aromatic rings. The molecule has 0 saturated carbocycles. The van der Waals surface area contributed by atoms with Crippen LogP contribution in [-0.4, -0.2) is 12.6 Å². The summed E-state index contributed by atoms with van der Waals surface area (Å²) in [6.45, 7) is 3.48. The van der Waals surface area contributed by atoms with E-state index in [1.54, 1.807) is 0 Å². The molecule has 2 atom stereocenters. The van der Waals surface area contributed by atoms with Gasteiger partial charge in [-0.3, -0.25) is 0 Å². The minimum absolute atomic E-state index is 0.538. The van der Waals surface area contributed by atoms with Gasteiger partial charge in [0.25, 0.3) is 0 Å². The molecule has 1 aliphatic heterocycles. The summed E-state index contributed by atoms with van der Waals surface area (Å²) in [5, 5.41) is 3.54. The Hall–Kier alpha value is -0.600. The van der Waals surface area contributed by atoms with Gasteiger partial charge in [-0.25, -0.2) is 0 Å². The van der Waals surface area contributed by atoms with E-state index in [-0.39, 0.29) is 0 Å². The maximum atomic E-state index is 3.56. The lowest BCUT2D eigenvalue weighted by atomic mass is 9.94. The summed E-state index contributed by atoms with van der Waals surface area (Å²) in [6.07, 6.45) is 7.05. The Morgan fingerprint density at radius 2 is 2.19 bits per heavy atom. The third kappa shape index (κ3) is 3.19. The maximum absolute atomic E-state index is 3.56. The predicted octanol–water partition coefficient (Wildman–Crippen LogP) is 3.85. The lowest BCUT2D eigenvalue weighted by Crippen LogP contribution is -2.35. The van der Waals surface area contributed by atoms with Crippen LogP contribution in [0.3, 0.4) is 0 Å². The molecular formula is C14H18BrN. The van der Waals surface area contributed by atoms with Crippen molar-refractivity contribution in [2.75, 3.05) is 6.54 Å². The van der Waals surface area contributed by atoms with E-state index in [0.717, 1.165) is 16.9 Å². The second kappa shape index (κ2) is 5.65. The molecular weight excluding hydrogens is 262 g/mol. The third-order valence-electron chi connectivity index (χ3n) is 3.11. The first kappa shape index (κ1) is 11.9. The molecule has 0 radical (unpaired) electrons. The molecule has 0 aliphatic carbocycles. The van der Waals surface area contributed by atoms with E-state index >= 15 is 0 Å². The predicted molar refractivity (Wildman–Crippen MR) is 73.4 cm³/mol. The van der Waals surface area contributed by atoms with Gasteiger partial charge in [-0.1, -0.05) is 53.2 Å². The van der Waals surface area contributed by atoms with Crippen molar-refractivity contribution in [3.63, 3.8) is 0 Å². The van der Waals surface area contributed by atoms with E-state index in [4.69, 9.17) is 0 Å². The normalized spacial score (nSPS) is 26.1. The van der Waals surface area contributed by atoms with Crippen molar-refractivity contribution in [1.82, 2.24) is 5.32 Å². The molecule has 0 aromatic heterocycles. The second-order valence-electron chi connectivity index (χ2n) is 4.57. The largest absolute Gasteiger partial charge is 0.310 e. The zero-order valence-corrected chi connectivity index (χ0v) is 11.2. The van der Waals surface area contributed by atoms with Gasteiger partial charge in [0.2, 0.25) is 0 Å². The summed E-state index contributed by atoms with van der Waals surface area (Å²) in [4.78, 5) is 0. The van der Waals surface area contributed by atoms with Crippen molar-refractivity contribution in [3.8, 4) is 0 Å². The highest BCUT2D eigenvalue weighted by molar-refractivity contribution is 9.10. The Balaban J connectivity index is 2.01. The third-order valence-corrected chi connectivity index (χ3v) is 3.84. The van der Waals surface area contributed by atoms with Crippen LogP contribution in [0.5, 0.6) is 0 Å². The van der Waals surface area contributed by atoms with Crippen LogP contribution in [0.15, 0.2) is 34.8 Å². The van der Waals surface area contributed by atoms with Gasteiger partial charge in [0.1, 0.15) is 0 Å². The molecule has 86 valence electrons. The molecule has 0 bridgehead atoms. The maximum Gasteiger partial charge on any atom is 0.0255 e. The quantitative estimate of drug-likeness (QED) is 0.867. The Morgan fingerprint density at radius 1 is 1.38 bits per heavy atom. The molecule has 0 spiro atoms. The lowest BCUT2D eigenvalue weighted by Gasteiger charge is -2.25. The highest BCUT2D eigenvalue weighted by Crippen LogP contribution is 2.20. The summed E-state index contributed by atoms with van der Waals surface area (Å²) in [7, 11) is 0. The van der Waals surface area contributed by atoms with Crippen LogP contribution in [0, 0.1) is 5.92 Å². The summed E-state index contributed by atoms with van der Waals surface area (Å²) >= 11 is 3.56. The molecule has 2 unspecified atom stereocenters. The number of rotatable bonds is 2. The van der Waals surface area contributed by atoms with Crippen LogP contribution in [0.1, 0.15) is 25.3 Å². The number of piperidine rings is 1. The fourth-order valence-electron chi connectivity index (χ4n) is 2.13. The zero-order valence-electron chi connectivity index (χ0n) is 9.62. The van der Waals surface area contributed by atoms with Crippen LogP contribution in [0.4, 0.5) is 0 Å². The average molecular weight is 280 g/mol. The summed E-state index contributed by atoms with van der Waals surface area (Å²) in [6, 6.07) is 8.86. The molecule has 1 heterocycles. The van der Waals surface area contributed by atoms with Gasteiger partial charge in [0, 0.05) is 10.5 Å². The SMILES string of the molecule is CC1CCNC(/C=C/c2ccccc2Br)C1. The topological polar surface area (TPSA) is 12.0 Å². The van der Waals surface area contributed by atoms with Crippen molar-refractivity contribution in [1.29, 1.82) is 0 Å². The van der Waals surface area contributed by atoms with Gasteiger partial charge in [-0.2, -0.15) is 0 Å². The van der Waals surface area contributed by atoms with Gasteiger partial charge in [-0.15, -0.1) is 0 Å². The number of hydrogen-bond donors (Lipinski definition) is 1. The van der Waals surface area contributed by atoms with E-state index in [2.05, 4.69) is 58.5 Å². The zero-order chi connectivity index (χ0) is 11.4. The van der Waals surface area contributed by atoms with Crippen LogP contribution < -0.4 is 5.32 Å². The van der Waals surface area contributed by atoms with E-state index in [1.807, 2.05) is 6.07 Å². The minimum atomic E-state index is 0.538. The molecule has 1 N–H and O–H groups in total. The van der Waals surface area contributed by atoms with Crippen LogP contribution in [-0.2, 0) is 0 Å². The molecule has 1 aromatic carbocycles. The van der Waals surface area contributed by atoms with E-state index < -0.39 is 0 Å². The Bertz CT molecular complexity index is 373. The first-order chi connectivity index (χ1) is 7.75. The smallest absolute Gasteiger partial charge is 0.0255 e. The minimum Gasteiger partial charge on any atom is -0.310 e. The number of benzene rings is 1. The Labute approximate surface area is 106 Å². The van der Waals surface area contributed by atoms with E-state index in [1.165, 1.54) is 18.4 Å². The summed E-state index contributed by atoms with van der Waals surface area (Å²) < 4.78 is 1.16. The van der Waals surface area contributed by atoms with E-state index in [0.29, 0.717) is 6.04 Å². The standard InChI is InChI=1S/C14H18BrN/c1-11-8-9-16-13(10-11)7-6-12-4-2-3-5-14(12)15/h2-7,11,13,16H,8-10H2,1H3/b7-6+. The van der Waals surface area contributed by atoms with Crippen LogP contribution in [0.2, 0.25) is 0 Å². The first-order valence-corrected chi connectivity index (χ1v) is 6.71. The Kier molecular flexibility index (Phi) is 4.19. The van der Waals surface area contributed by atoms with Gasteiger partial charge in [0.05, 0.1) is 0 Å². The number of nitrogens with one attached hydrogen (secondary N) is 1. The van der Waals surface area contributed by atoms with Gasteiger partial charge in [0.15, 0.2) is 0 Å². The lowest BCUT2D eigenvalue weighted by molar-refractivity contribution is 0.357. The van der Waals surface area contributed by atoms with Crippen molar-refractivity contribution >= 4 is 22.0 Å². The molecule has 1 saturated heterocycles. The highest BCUT2D eigenvalue weighted by atomic mass is 79.9. The van der Waals surface area contributed by atoms with Gasteiger partial charge >= 0.3 is 0 Å². The van der Waals surface area contributed by atoms with Gasteiger partial charge in [-0.05, 0) is 36.9 Å². The van der Waals surface area contributed by atoms with Crippen molar-refractivity contribution in [2.45, 2.75) is 25.8 Å². The Morgan fingerprint density at radius 3 is 2.94 bits per heavy atom. The summed E-state index contributed by atoms with van der Waals surface area (Å²) in [5.74, 6) is 0.843. The molecule has 16 heavy (non-hydrogen) atoms. The number of halogens is 1. The first-order valence-electron chi connectivity index (χ1n) is 5.92. The highest BCUT2D eigenvalue weighted by Gasteiger charge is 2.15. The number of hydrogen-bond acceptors (Lipinski definition) is 1. The molecule has 2 rings (SSSR count). The molecule has 1 fully saturated rings. The molecule has 0 amide bonds. The van der Waals surface area contributed by atoms with Crippen LogP contribution >= 0.6 is 15.9 Å². The van der Waals surface area contributed by atoms with E-state index in [9.17, 15) is 0 Å². The monoisotopic (exact) mass is 279 g/mol. The van der Waals surface area contributed by atoms with Crippen molar-refractivity contribution in [3.05, 3.63) is 40.4 Å². The summed E-state index contributed by atoms with van der Waals surface area (Å²) in [5.41, 5.74) is 1.25. The van der Waals surface area contributed by atoms with Gasteiger partial charge < -0.3 is 5.32 Å².